The lowest BCUT2D eigenvalue weighted by molar-refractivity contribution is -0.168. The third kappa shape index (κ3) is 2.84. The summed E-state index contributed by atoms with van der Waals surface area (Å²) in [5.74, 6) is -2.18. The van der Waals surface area contributed by atoms with Crippen LogP contribution in [0.5, 0.6) is 0 Å². The second kappa shape index (κ2) is 7.75. The molecule has 33 heavy (non-hydrogen) atoms. The molecule has 1 spiro atoms. The van der Waals surface area contributed by atoms with Crippen molar-refractivity contribution in [3.05, 3.63) is 95.9 Å². The Labute approximate surface area is 189 Å². The van der Waals surface area contributed by atoms with Crippen LogP contribution in [0.25, 0.3) is 0 Å². The van der Waals surface area contributed by atoms with E-state index in [2.05, 4.69) is 0 Å². The first-order valence-corrected chi connectivity index (χ1v) is 10.3. The molecule has 3 aliphatic heterocycles. The van der Waals surface area contributed by atoms with Crippen LogP contribution in [0.3, 0.4) is 0 Å². The van der Waals surface area contributed by atoms with E-state index in [1.54, 1.807) is 60.8 Å². The number of hydrogen-bond donors (Lipinski definition) is 0. The minimum absolute atomic E-state index is 0.112. The molecule has 1 amide bonds. The highest BCUT2D eigenvalue weighted by Gasteiger charge is 2.63. The third-order valence-electron chi connectivity index (χ3n) is 5.86. The molecule has 0 N–H and O–H groups in total. The van der Waals surface area contributed by atoms with Crippen LogP contribution in [-0.2, 0) is 34.2 Å². The largest absolute Gasteiger partial charge is 0.465 e. The van der Waals surface area contributed by atoms with Crippen molar-refractivity contribution < 1.29 is 28.6 Å². The number of esters is 2. The van der Waals surface area contributed by atoms with Crippen LogP contribution in [-0.4, -0.2) is 43.2 Å². The van der Waals surface area contributed by atoms with Gasteiger partial charge in [0.1, 0.15) is 11.3 Å². The maximum Gasteiger partial charge on any atom is 0.355 e. The van der Waals surface area contributed by atoms with Gasteiger partial charge in [0, 0.05) is 17.5 Å². The fourth-order valence-corrected chi connectivity index (χ4v) is 4.50. The monoisotopic (exact) mass is 444 g/mol. The summed E-state index contributed by atoms with van der Waals surface area (Å²) in [6.45, 7) is 0. The number of ether oxygens (including phenoxy) is 3. The molecule has 8 nitrogen and oxygen atoms in total. The number of nitrogens with zero attached hydrogens (tertiary/aromatic N) is 2. The number of amides is 1. The smallest absolute Gasteiger partial charge is 0.355 e. The van der Waals surface area contributed by atoms with Gasteiger partial charge in [0.15, 0.2) is 6.23 Å². The van der Waals surface area contributed by atoms with Gasteiger partial charge in [-0.1, -0.05) is 42.5 Å². The van der Waals surface area contributed by atoms with Crippen LogP contribution in [0.1, 0.15) is 5.56 Å². The van der Waals surface area contributed by atoms with E-state index in [4.69, 9.17) is 14.2 Å². The molecule has 0 aliphatic carbocycles. The number of methoxy groups -OCH3 is 2. The van der Waals surface area contributed by atoms with Gasteiger partial charge in [0.25, 0.3) is 5.91 Å². The zero-order chi connectivity index (χ0) is 23.2. The van der Waals surface area contributed by atoms with Gasteiger partial charge in [-0.05, 0) is 30.4 Å². The molecule has 8 heteroatoms. The van der Waals surface area contributed by atoms with Gasteiger partial charge in [-0.15, -0.1) is 0 Å². The molecule has 0 radical (unpaired) electrons. The van der Waals surface area contributed by atoms with Crippen LogP contribution < -0.4 is 4.90 Å². The Bertz CT molecular complexity index is 1250. The summed E-state index contributed by atoms with van der Waals surface area (Å²) in [7, 11) is 2.40. The van der Waals surface area contributed by atoms with Crippen molar-refractivity contribution in [2.24, 2.45) is 0 Å². The van der Waals surface area contributed by atoms with Gasteiger partial charge < -0.3 is 19.1 Å². The zero-order valence-electron chi connectivity index (χ0n) is 17.9. The Hall–Kier alpha value is -4.17. The molecule has 0 aromatic heterocycles. The van der Waals surface area contributed by atoms with Crippen LogP contribution in [0.4, 0.5) is 11.4 Å². The van der Waals surface area contributed by atoms with E-state index < -0.39 is 29.7 Å². The van der Waals surface area contributed by atoms with Crippen LogP contribution in [0.2, 0.25) is 0 Å². The van der Waals surface area contributed by atoms with E-state index in [0.717, 1.165) is 0 Å². The van der Waals surface area contributed by atoms with Crippen LogP contribution >= 0.6 is 0 Å². The summed E-state index contributed by atoms with van der Waals surface area (Å²) in [4.78, 5) is 43.4. The van der Waals surface area contributed by atoms with Crippen molar-refractivity contribution >= 4 is 29.2 Å². The Morgan fingerprint density at radius 3 is 2.36 bits per heavy atom. The van der Waals surface area contributed by atoms with Gasteiger partial charge in [-0.25, -0.2) is 9.59 Å². The quantitative estimate of drug-likeness (QED) is 0.673. The van der Waals surface area contributed by atoms with E-state index in [0.29, 0.717) is 16.9 Å². The minimum Gasteiger partial charge on any atom is -0.465 e. The first-order chi connectivity index (χ1) is 16.0. The number of anilines is 2. The van der Waals surface area contributed by atoms with Gasteiger partial charge in [-0.3, -0.25) is 9.69 Å². The standard InChI is InChI=1S/C25H20N2O6/c1-31-22(28)20-21(23(29)32-2)26-15-9-8-14-19(26)33-25(20)17-12-6-7-13-18(17)27(24(25)30)16-10-4-3-5-11-16/h3-15,19H,1-2H3/t19-,25-/m0/s1. The topological polar surface area (TPSA) is 85.4 Å². The number of carbonyl (C=O) groups is 3. The molecule has 5 rings (SSSR count). The van der Waals surface area contributed by atoms with Crippen molar-refractivity contribution in [3.8, 4) is 0 Å². The van der Waals surface area contributed by atoms with Crippen molar-refractivity contribution in [2.75, 3.05) is 19.1 Å². The van der Waals surface area contributed by atoms with Gasteiger partial charge in [0.2, 0.25) is 5.60 Å². The molecule has 2 atom stereocenters. The molecule has 2 aromatic carbocycles. The number of allylic oxidation sites excluding steroid dienone is 2. The number of para-hydroxylation sites is 2. The molecule has 166 valence electrons. The second-order valence-corrected chi connectivity index (χ2v) is 7.52. The van der Waals surface area contributed by atoms with E-state index in [-0.39, 0.29) is 11.3 Å². The van der Waals surface area contributed by atoms with Crippen molar-refractivity contribution in [3.63, 3.8) is 0 Å². The van der Waals surface area contributed by atoms with Gasteiger partial charge in [0.05, 0.1) is 19.9 Å². The summed E-state index contributed by atoms with van der Waals surface area (Å²) < 4.78 is 16.5. The SMILES string of the molecule is COC(=O)C1=C(C(=O)OC)[C@]2(O[C@H]3C=CC=CN13)C(=O)N(c1ccccc1)c1ccccc12. The number of fused-ring (bicyclic) bond motifs is 3. The number of carbonyl (C=O) groups excluding carboxylic acids is 3. The Morgan fingerprint density at radius 1 is 0.939 bits per heavy atom. The van der Waals surface area contributed by atoms with E-state index in [9.17, 15) is 14.4 Å². The highest BCUT2D eigenvalue weighted by molar-refractivity contribution is 6.19. The average molecular weight is 444 g/mol. The minimum atomic E-state index is -1.92. The second-order valence-electron chi connectivity index (χ2n) is 7.52. The molecule has 0 saturated carbocycles. The van der Waals surface area contributed by atoms with Crippen LogP contribution in [0.15, 0.2) is 90.3 Å². The third-order valence-corrected chi connectivity index (χ3v) is 5.86. The lowest BCUT2D eigenvalue weighted by Crippen LogP contribution is -2.55. The normalized spacial score (nSPS) is 23.0. The zero-order valence-corrected chi connectivity index (χ0v) is 17.9. The first-order valence-electron chi connectivity index (χ1n) is 10.3. The summed E-state index contributed by atoms with van der Waals surface area (Å²) >= 11 is 0. The summed E-state index contributed by atoms with van der Waals surface area (Å²) in [5.41, 5.74) is -0.685. The summed E-state index contributed by atoms with van der Waals surface area (Å²) in [6, 6.07) is 16.1. The maximum absolute atomic E-state index is 14.2. The van der Waals surface area contributed by atoms with Gasteiger partial charge >= 0.3 is 11.9 Å². The highest BCUT2D eigenvalue weighted by Crippen LogP contribution is 2.54. The number of hydrogen-bond acceptors (Lipinski definition) is 7. The number of benzene rings is 2. The number of rotatable bonds is 3. The lowest BCUT2D eigenvalue weighted by Gasteiger charge is -2.44. The molecular weight excluding hydrogens is 424 g/mol. The summed E-state index contributed by atoms with van der Waals surface area (Å²) in [5, 5.41) is 0. The fraction of sp³-hybridized carbons (Fsp3) is 0.160. The van der Waals surface area contributed by atoms with Crippen molar-refractivity contribution in [1.82, 2.24) is 4.90 Å². The first kappa shape index (κ1) is 20.7. The predicted octanol–water partition coefficient (Wildman–Crippen LogP) is 2.90. The molecule has 3 aliphatic rings. The molecule has 0 unspecified atom stereocenters. The van der Waals surface area contributed by atoms with E-state index >= 15 is 0 Å². The average Bonchev–Trinajstić information content (AvgIpc) is 3.10. The lowest BCUT2D eigenvalue weighted by atomic mass is 9.83. The Balaban J connectivity index is 1.86. The molecule has 0 bridgehead atoms. The van der Waals surface area contributed by atoms with Crippen molar-refractivity contribution in [1.29, 1.82) is 0 Å². The fourth-order valence-electron chi connectivity index (χ4n) is 4.50. The van der Waals surface area contributed by atoms with E-state index in [1.807, 2.05) is 18.2 Å². The molecule has 0 saturated heterocycles. The van der Waals surface area contributed by atoms with Crippen molar-refractivity contribution in [2.45, 2.75) is 11.8 Å². The van der Waals surface area contributed by atoms with Crippen LogP contribution in [0, 0.1) is 0 Å². The molecular formula is C25H20N2O6. The summed E-state index contributed by atoms with van der Waals surface area (Å²) in [6.07, 6.45) is 5.89. The molecule has 0 fully saturated rings. The Kier molecular flexibility index (Phi) is 4.87. The van der Waals surface area contributed by atoms with E-state index in [1.165, 1.54) is 24.0 Å². The highest BCUT2D eigenvalue weighted by atomic mass is 16.6. The maximum atomic E-state index is 14.2. The Morgan fingerprint density at radius 2 is 1.64 bits per heavy atom. The predicted molar refractivity (Wildman–Crippen MR) is 118 cm³/mol. The van der Waals surface area contributed by atoms with Gasteiger partial charge in [-0.2, -0.15) is 0 Å². The molecule has 3 heterocycles. The molecule has 2 aromatic rings.